The number of aliphatic carboxylic acids is 2. The molecule has 0 aliphatic rings. The number of aromatic hydroxyl groups is 5. The van der Waals surface area contributed by atoms with Gasteiger partial charge in [-0.3, -0.25) is 19.2 Å². The Hall–Kier alpha value is -4.94. The number of benzene rings is 2. The molecule has 0 unspecified atom stereocenters. The summed E-state index contributed by atoms with van der Waals surface area (Å²) in [7, 11) is 0. The van der Waals surface area contributed by atoms with Crippen molar-refractivity contribution in [3.63, 3.8) is 0 Å². The molecule has 32 heavy (non-hydrogen) atoms. The Morgan fingerprint density at radius 3 is 2.03 bits per heavy atom. The minimum Gasteiger partial charge on any atom is -0.504 e. The predicted octanol–water partition coefficient (Wildman–Crippen LogP) is 0.679. The van der Waals surface area contributed by atoms with Gasteiger partial charge >= 0.3 is 17.9 Å². The average Bonchev–Trinajstić information content (AvgIpc) is 2.69. The van der Waals surface area contributed by atoms with Crippen molar-refractivity contribution in [1.29, 1.82) is 0 Å². The van der Waals surface area contributed by atoms with Gasteiger partial charge in [-0.1, -0.05) is 0 Å². The molecule has 0 fully saturated rings. The Bertz CT molecular complexity index is 1340. The number of carbonyl (C=O) groups excluding carboxylic acids is 1. The van der Waals surface area contributed by atoms with Crippen molar-refractivity contribution in [2.75, 3.05) is 0 Å². The van der Waals surface area contributed by atoms with Crippen LogP contribution < -0.4 is 10.2 Å². The smallest absolute Gasteiger partial charge is 0.337 e. The van der Waals surface area contributed by atoms with Crippen LogP contribution >= 0.6 is 0 Å². The van der Waals surface area contributed by atoms with Crippen molar-refractivity contribution >= 4 is 28.9 Å². The third-order valence-corrected chi connectivity index (χ3v) is 4.24. The molecule has 1 aromatic heterocycles. The number of carbonyl (C=O) groups is 3. The summed E-state index contributed by atoms with van der Waals surface area (Å²) in [6.07, 6.45) is 0. The predicted molar refractivity (Wildman–Crippen MR) is 101 cm³/mol. The Balaban J connectivity index is 2.18. The maximum absolute atomic E-state index is 12.6. The first-order valence-corrected chi connectivity index (χ1v) is 8.38. The van der Waals surface area contributed by atoms with Crippen molar-refractivity contribution < 1.29 is 59.3 Å². The standard InChI is InChI=1S/C19H12O13/c20-6-2-1-5(3-7(6)21)15-14(25)12(23)10-9(31-15)4-8(22)16(13(10)24)32-19(30)11(17(26)27)18(28)29/h1-4,11,20-22,24-25H,(H,26,27)(H,28,29). The molecule has 0 bridgehead atoms. The van der Waals surface area contributed by atoms with Crippen molar-refractivity contribution in [3.8, 4) is 45.8 Å². The number of phenols is 4. The highest BCUT2D eigenvalue weighted by Crippen LogP contribution is 2.44. The van der Waals surface area contributed by atoms with Crippen molar-refractivity contribution in [3.05, 3.63) is 34.5 Å². The molecule has 0 saturated carbocycles. The van der Waals surface area contributed by atoms with Crippen LogP contribution in [0.1, 0.15) is 0 Å². The Kier molecular flexibility index (Phi) is 5.25. The summed E-state index contributed by atoms with van der Waals surface area (Å²) in [4.78, 5) is 46.4. The first-order valence-electron chi connectivity index (χ1n) is 8.38. The van der Waals surface area contributed by atoms with Gasteiger partial charge in [0.05, 0.1) is 0 Å². The zero-order valence-corrected chi connectivity index (χ0v) is 15.5. The molecule has 3 aromatic rings. The fourth-order valence-electron chi connectivity index (χ4n) is 2.72. The van der Waals surface area contributed by atoms with Gasteiger partial charge in [0, 0.05) is 11.6 Å². The quantitative estimate of drug-likeness (QED) is 0.123. The summed E-state index contributed by atoms with van der Waals surface area (Å²) in [5, 5.41) is 66.4. The molecule has 0 amide bonds. The lowest BCUT2D eigenvalue weighted by atomic mass is 10.1. The van der Waals surface area contributed by atoms with E-state index in [0.717, 1.165) is 12.1 Å². The highest BCUT2D eigenvalue weighted by atomic mass is 16.6. The number of hydrogen-bond donors (Lipinski definition) is 7. The molecule has 3 rings (SSSR count). The molecule has 0 spiro atoms. The second-order valence-corrected chi connectivity index (χ2v) is 6.29. The van der Waals surface area contributed by atoms with Crippen LogP contribution in [0.25, 0.3) is 22.3 Å². The lowest BCUT2D eigenvalue weighted by Gasteiger charge is -2.13. The number of carboxylic acids is 2. The molecule has 1 heterocycles. The first kappa shape index (κ1) is 21.8. The van der Waals surface area contributed by atoms with Gasteiger partial charge in [0.1, 0.15) is 11.0 Å². The molecule has 2 aromatic carbocycles. The Labute approximate surface area is 175 Å². The number of ether oxygens (including phenoxy) is 1. The average molecular weight is 448 g/mol. The maximum atomic E-state index is 12.6. The van der Waals surface area contributed by atoms with E-state index >= 15 is 0 Å². The minimum absolute atomic E-state index is 0.0722. The van der Waals surface area contributed by atoms with Crippen LogP contribution in [-0.4, -0.2) is 53.7 Å². The molecule has 0 aliphatic carbocycles. The van der Waals surface area contributed by atoms with Gasteiger partial charge in [0.25, 0.3) is 5.92 Å². The van der Waals surface area contributed by atoms with E-state index in [-0.39, 0.29) is 5.56 Å². The van der Waals surface area contributed by atoms with Crippen LogP contribution in [0.15, 0.2) is 33.5 Å². The third kappa shape index (κ3) is 3.54. The zero-order chi connectivity index (χ0) is 23.9. The zero-order valence-electron chi connectivity index (χ0n) is 15.5. The summed E-state index contributed by atoms with van der Waals surface area (Å²) < 4.78 is 9.79. The molecule has 0 radical (unpaired) electrons. The number of rotatable bonds is 5. The molecule has 7 N–H and O–H groups in total. The van der Waals surface area contributed by atoms with Gasteiger partial charge in [-0.15, -0.1) is 0 Å². The normalized spacial score (nSPS) is 10.9. The van der Waals surface area contributed by atoms with E-state index in [2.05, 4.69) is 4.74 Å². The van der Waals surface area contributed by atoms with Gasteiger partial charge in [0.15, 0.2) is 28.8 Å². The fraction of sp³-hybridized carbons (Fsp3) is 0.0526. The van der Waals surface area contributed by atoms with Crippen LogP contribution in [0.5, 0.6) is 34.5 Å². The monoisotopic (exact) mass is 448 g/mol. The number of esters is 1. The van der Waals surface area contributed by atoms with E-state index in [4.69, 9.17) is 14.6 Å². The van der Waals surface area contributed by atoms with Crippen LogP contribution in [0.3, 0.4) is 0 Å². The molecular weight excluding hydrogens is 436 g/mol. The molecule has 0 aliphatic heterocycles. The van der Waals surface area contributed by atoms with Crippen molar-refractivity contribution in [1.82, 2.24) is 0 Å². The van der Waals surface area contributed by atoms with E-state index in [9.17, 15) is 44.7 Å². The molecule has 13 heteroatoms. The summed E-state index contributed by atoms with van der Waals surface area (Å²) in [6.45, 7) is 0. The Morgan fingerprint density at radius 2 is 1.47 bits per heavy atom. The second-order valence-electron chi connectivity index (χ2n) is 6.29. The number of phenolic OH excluding ortho intramolecular Hbond substituents is 4. The molecule has 0 saturated heterocycles. The van der Waals surface area contributed by atoms with Gasteiger partial charge in [0.2, 0.25) is 16.9 Å². The lowest BCUT2D eigenvalue weighted by Crippen LogP contribution is -2.34. The van der Waals surface area contributed by atoms with Crippen LogP contribution in [0.4, 0.5) is 0 Å². The second kappa shape index (κ2) is 7.71. The van der Waals surface area contributed by atoms with Gasteiger partial charge in [-0.05, 0) is 18.2 Å². The SMILES string of the molecule is O=C(O)C(C(=O)O)C(=O)Oc1c(O)cc2oc(-c3ccc(O)c(O)c3)c(O)c(=O)c2c1O. The topological polar surface area (TPSA) is 232 Å². The summed E-state index contributed by atoms with van der Waals surface area (Å²) >= 11 is 0. The van der Waals surface area contributed by atoms with Gasteiger partial charge in [-0.25, -0.2) is 0 Å². The summed E-state index contributed by atoms with van der Waals surface area (Å²) in [5.41, 5.74) is -1.88. The Morgan fingerprint density at radius 1 is 0.844 bits per heavy atom. The van der Waals surface area contributed by atoms with Crippen LogP contribution in [0, 0.1) is 5.92 Å². The van der Waals surface area contributed by atoms with Crippen LogP contribution in [0.2, 0.25) is 0 Å². The van der Waals surface area contributed by atoms with E-state index in [1.807, 2.05) is 0 Å². The van der Waals surface area contributed by atoms with E-state index in [1.54, 1.807) is 0 Å². The number of fused-ring (bicyclic) bond motifs is 1. The van der Waals surface area contributed by atoms with E-state index < -0.39 is 80.5 Å². The third-order valence-electron chi connectivity index (χ3n) is 4.24. The van der Waals surface area contributed by atoms with Gasteiger partial charge < -0.3 is 44.9 Å². The molecular formula is C19H12O13. The highest BCUT2D eigenvalue weighted by Gasteiger charge is 2.37. The van der Waals surface area contributed by atoms with Crippen molar-refractivity contribution in [2.45, 2.75) is 0 Å². The van der Waals surface area contributed by atoms with Crippen molar-refractivity contribution in [2.24, 2.45) is 5.92 Å². The fourth-order valence-corrected chi connectivity index (χ4v) is 2.72. The first-order chi connectivity index (χ1) is 14.9. The highest BCUT2D eigenvalue weighted by molar-refractivity contribution is 6.12. The minimum atomic E-state index is -2.70. The molecule has 13 nitrogen and oxygen atoms in total. The summed E-state index contributed by atoms with van der Waals surface area (Å²) in [6, 6.07) is 3.84. The number of hydrogen-bond acceptors (Lipinski definition) is 11. The molecule has 166 valence electrons. The molecule has 0 atom stereocenters. The largest absolute Gasteiger partial charge is 0.504 e. The lowest BCUT2D eigenvalue weighted by molar-refractivity contribution is -0.162. The van der Waals surface area contributed by atoms with Gasteiger partial charge in [-0.2, -0.15) is 0 Å². The summed E-state index contributed by atoms with van der Waals surface area (Å²) in [5.74, 6) is -14.9. The maximum Gasteiger partial charge on any atom is 0.337 e. The van der Waals surface area contributed by atoms with E-state index in [0.29, 0.717) is 6.07 Å². The van der Waals surface area contributed by atoms with E-state index in [1.165, 1.54) is 6.07 Å². The van der Waals surface area contributed by atoms with Crippen LogP contribution in [-0.2, 0) is 14.4 Å². The number of carboxylic acid groups (broad SMARTS) is 2.